The third-order valence-corrected chi connectivity index (χ3v) is 1.62. The van der Waals surface area contributed by atoms with Crippen LogP contribution in [0.4, 0.5) is 5.69 Å². The first-order chi connectivity index (χ1) is 6.15. The molecule has 72 valence electrons. The maximum Gasteiger partial charge on any atom is 0.184 e. The molecular weight excluding hydrogens is 166 g/mol. The van der Waals surface area contributed by atoms with Crippen molar-refractivity contribution in [3.05, 3.63) is 18.2 Å². The summed E-state index contributed by atoms with van der Waals surface area (Å²) in [5.41, 5.74) is 0.800. The number of nitrogens with one attached hydrogen (secondary N) is 1. The van der Waals surface area contributed by atoms with Crippen LogP contribution in [0.2, 0.25) is 0 Å². The molecule has 0 saturated carbocycles. The first kappa shape index (κ1) is 9.71. The Labute approximate surface area is 78.3 Å². The number of phenolic OH excluding ortho intramolecular Hbond substituents is 1. The summed E-state index contributed by atoms with van der Waals surface area (Å²) < 4.78 is 5.45. The number of rotatable bonds is 3. The van der Waals surface area contributed by atoms with E-state index in [-0.39, 0.29) is 11.9 Å². The van der Waals surface area contributed by atoms with Gasteiger partial charge in [0.05, 0.1) is 11.8 Å². The third kappa shape index (κ3) is 2.28. The molecule has 3 nitrogen and oxygen atoms in total. The van der Waals surface area contributed by atoms with Crippen molar-refractivity contribution in [1.29, 1.82) is 0 Å². The Morgan fingerprint density at radius 2 is 2.08 bits per heavy atom. The minimum Gasteiger partial charge on any atom is -0.504 e. The average Bonchev–Trinajstić information content (AvgIpc) is 2.08. The lowest BCUT2D eigenvalue weighted by molar-refractivity contribution is 0.233. The number of anilines is 1. The molecule has 0 atom stereocenters. The lowest BCUT2D eigenvalue weighted by atomic mass is 10.2. The van der Waals surface area contributed by atoms with Crippen LogP contribution in [0.3, 0.4) is 0 Å². The fourth-order valence-corrected chi connectivity index (χ4v) is 1.08. The van der Waals surface area contributed by atoms with Gasteiger partial charge < -0.3 is 15.2 Å². The fourth-order valence-electron chi connectivity index (χ4n) is 1.08. The summed E-state index contributed by atoms with van der Waals surface area (Å²) in [7, 11) is 1.79. The van der Waals surface area contributed by atoms with E-state index in [1.54, 1.807) is 19.2 Å². The second-order valence-electron chi connectivity index (χ2n) is 3.07. The maximum atomic E-state index is 9.51. The molecule has 0 aliphatic heterocycles. The molecular formula is C10H15NO2. The summed E-state index contributed by atoms with van der Waals surface area (Å²) in [6, 6.07) is 5.24. The molecule has 0 unspecified atom stereocenters. The monoisotopic (exact) mass is 181 g/mol. The van der Waals surface area contributed by atoms with E-state index in [9.17, 15) is 5.11 Å². The maximum absolute atomic E-state index is 9.51. The van der Waals surface area contributed by atoms with Crippen molar-refractivity contribution in [3.63, 3.8) is 0 Å². The molecule has 0 radical (unpaired) electrons. The molecule has 13 heavy (non-hydrogen) atoms. The van der Waals surface area contributed by atoms with Crippen molar-refractivity contribution >= 4 is 5.69 Å². The largest absolute Gasteiger partial charge is 0.504 e. The second kappa shape index (κ2) is 4.03. The van der Waals surface area contributed by atoms with Crippen LogP contribution in [0.25, 0.3) is 0 Å². The smallest absolute Gasteiger partial charge is 0.184 e. The Hall–Kier alpha value is -1.38. The highest BCUT2D eigenvalue weighted by atomic mass is 16.5. The molecule has 2 N–H and O–H groups in total. The van der Waals surface area contributed by atoms with E-state index in [1.807, 2.05) is 19.9 Å². The van der Waals surface area contributed by atoms with E-state index in [2.05, 4.69) is 5.32 Å². The second-order valence-corrected chi connectivity index (χ2v) is 3.07. The standard InChI is InChI=1S/C10H15NO2/c1-7(2)13-10-8(11-3)5-4-6-9(10)12/h4-7,11-12H,1-3H3. The van der Waals surface area contributed by atoms with E-state index < -0.39 is 0 Å². The third-order valence-electron chi connectivity index (χ3n) is 1.62. The molecule has 1 aromatic rings. The van der Waals surface area contributed by atoms with Gasteiger partial charge in [0.1, 0.15) is 0 Å². The van der Waals surface area contributed by atoms with Gasteiger partial charge in [-0.1, -0.05) is 6.07 Å². The van der Waals surface area contributed by atoms with E-state index >= 15 is 0 Å². The molecule has 1 aromatic carbocycles. The van der Waals surface area contributed by atoms with Gasteiger partial charge in [-0.15, -0.1) is 0 Å². The van der Waals surface area contributed by atoms with Crippen molar-refractivity contribution in [3.8, 4) is 11.5 Å². The summed E-state index contributed by atoms with van der Waals surface area (Å²) in [4.78, 5) is 0. The van der Waals surface area contributed by atoms with Crippen LogP contribution < -0.4 is 10.1 Å². The number of hydrogen-bond acceptors (Lipinski definition) is 3. The van der Waals surface area contributed by atoms with Gasteiger partial charge >= 0.3 is 0 Å². The molecule has 0 heterocycles. The summed E-state index contributed by atoms with van der Waals surface area (Å²) >= 11 is 0. The average molecular weight is 181 g/mol. The Bertz CT molecular complexity index is 284. The van der Waals surface area contributed by atoms with E-state index in [1.165, 1.54) is 0 Å². The Balaban J connectivity index is 3.00. The minimum atomic E-state index is 0.0559. The molecule has 0 aliphatic carbocycles. The number of ether oxygens (including phenoxy) is 1. The van der Waals surface area contributed by atoms with Crippen molar-refractivity contribution in [2.24, 2.45) is 0 Å². The summed E-state index contributed by atoms with van der Waals surface area (Å²) in [5.74, 6) is 0.681. The first-order valence-corrected chi connectivity index (χ1v) is 4.31. The van der Waals surface area contributed by atoms with E-state index in [0.717, 1.165) is 5.69 Å². The van der Waals surface area contributed by atoms with Gasteiger partial charge in [0.15, 0.2) is 11.5 Å². The van der Waals surface area contributed by atoms with Crippen LogP contribution in [0.15, 0.2) is 18.2 Å². The number of phenols is 1. The summed E-state index contributed by atoms with van der Waals surface area (Å²) in [6.45, 7) is 3.84. The number of hydrogen-bond donors (Lipinski definition) is 2. The molecule has 3 heteroatoms. The molecule has 0 aromatic heterocycles. The topological polar surface area (TPSA) is 41.5 Å². The van der Waals surface area contributed by atoms with Gasteiger partial charge in [0, 0.05) is 7.05 Å². The van der Waals surface area contributed by atoms with Crippen LogP contribution in [-0.2, 0) is 0 Å². The first-order valence-electron chi connectivity index (χ1n) is 4.31. The normalized spacial score (nSPS) is 10.2. The van der Waals surface area contributed by atoms with Crippen LogP contribution >= 0.6 is 0 Å². The molecule has 0 aliphatic rings. The molecule has 0 spiro atoms. The van der Waals surface area contributed by atoms with Gasteiger partial charge in [-0.2, -0.15) is 0 Å². The quantitative estimate of drug-likeness (QED) is 0.751. The van der Waals surface area contributed by atoms with Crippen molar-refractivity contribution in [2.75, 3.05) is 12.4 Å². The highest BCUT2D eigenvalue weighted by Gasteiger charge is 2.08. The SMILES string of the molecule is CNc1cccc(O)c1OC(C)C. The van der Waals surface area contributed by atoms with Crippen LogP contribution in [0.1, 0.15) is 13.8 Å². The lowest BCUT2D eigenvalue weighted by Gasteiger charge is -2.14. The lowest BCUT2D eigenvalue weighted by Crippen LogP contribution is -2.07. The number of para-hydroxylation sites is 1. The zero-order valence-corrected chi connectivity index (χ0v) is 8.16. The van der Waals surface area contributed by atoms with Gasteiger partial charge in [-0.3, -0.25) is 0 Å². The van der Waals surface area contributed by atoms with Crippen molar-refractivity contribution in [2.45, 2.75) is 20.0 Å². The number of benzene rings is 1. The molecule has 0 saturated heterocycles. The Morgan fingerprint density at radius 3 is 2.62 bits per heavy atom. The summed E-state index contributed by atoms with van der Waals surface area (Å²) in [5, 5.41) is 12.5. The Morgan fingerprint density at radius 1 is 1.38 bits per heavy atom. The van der Waals surface area contributed by atoms with Gasteiger partial charge in [-0.25, -0.2) is 0 Å². The minimum absolute atomic E-state index is 0.0559. The molecule has 0 amide bonds. The number of aromatic hydroxyl groups is 1. The molecule has 0 bridgehead atoms. The van der Waals surface area contributed by atoms with Crippen molar-refractivity contribution in [1.82, 2.24) is 0 Å². The van der Waals surface area contributed by atoms with Crippen LogP contribution in [-0.4, -0.2) is 18.3 Å². The predicted molar refractivity (Wildman–Crippen MR) is 53.4 cm³/mol. The molecule has 1 rings (SSSR count). The summed E-state index contributed by atoms with van der Waals surface area (Å²) in [6.07, 6.45) is 0.0559. The van der Waals surface area contributed by atoms with E-state index in [4.69, 9.17) is 4.74 Å². The fraction of sp³-hybridized carbons (Fsp3) is 0.400. The Kier molecular flexibility index (Phi) is 3.01. The zero-order valence-electron chi connectivity index (χ0n) is 8.16. The van der Waals surface area contributed by atoms with Gasteiger partial charge in [0.25, 0.3) is 0 Å². The van der Waals surface area contributed by atoms with Crippen molar-refractivity contribution < 1.29 is 9.84 Å². The van der Waals surface area contributed by atoms with Crippen LogP contribution in [0.5, 0.6) is 11.5 Å². The van der Waals surface area contributed by atoms with E-state index in [0.29, 0.717) is 5.75 Å². The predicted octanol–water partition coefficient (Wildman–Crippen LogP) is 2.22. The van der Waals surface area contributed by atoms with Gasteiger partial charge in [0.2, 0.25) is 0 Å². The highest BCUT2D eigenvalue weighted by molar-refractivity contribution is 5.62. The highest BCUT2D eigenvalue weighted by Crippen LogP contribution is 2.34. The molecule has 0 fully saturated rings. The zero-order chi connectivity index (χ0) is 9.84. The van der Waals surface area contributed by atoms with Crippen LogP contribution in [0, 0.1) is 0 Å². The van der Waals surface area contributed by atoms with Gasteiger partial charge in [-0.05, 0) is 26.0 Å².